The Morgan fingerprint density at radius 2 is 1.75 bits per heavy atom. The van der Waals surface area contributed by atoms with Crippen molar-refractivity contribution in [1.29, 1.82) is 0 Å². The van der Waals surface area contributed by atoms with Gasteiger partial charge in [-0.15, -0.1) is 11.3 Å². The molecule has 0 bridgehead atoms. The molecular formula is C24H26N4O3S. The van der Waals surface area contributed by atoms with Crippen molar-refractivity contribution < 1.29 is 14.4 Å². The molecule has 2 heterocycles. The topological polar surface area (TPSA) is 100 Å². The average molecular weight is 451 g/mol. The highest BCUT2D eigenvalue weighted by Gasteiger charge is 2.09. The quantitative estimate of drug-likeness (QED) is 0.416. The van der Waals surface area contributed by atoms with Crippen LogP contribution in [0.4, 0.5) is 5.69 Å². The fraction of sp³-hybridized carbons (Fsp3) is 0.250. The monoisotopic (exact) mass is 450 g/mol. The Balaban J connectivity index is 1.37. The molecule has 1 aromatic carbocycles. The number of benzene rings is 1. The highest BCUT2D eigenvalue weighted by molar-refractivity contribution is 7.09. The van der Waals surface area contributed by atoms with Gasteiger partial charge in [0.25, 0.3) is 5.91 Å². The lowest BCUT2D eigenvalue weighted by atomic mass is 10.1. The Morgan fingerprint density at radius 3 is 2.53 bits per heavy atom. The second kappa shape index (κ2) is 12.4. The molecule has 0 fully saturated rings. The number of aromatic nitrogens is 1. The van der Waals surface area contributed by atoms with E-state index in [0.29, 0.717) is 24.2 Å². The Kier molecular flexibility index (Phi) is 8.94. The van der Waals surface area contributed by atoms with Crippen LogP contribution < -0.4 is 16.0 Å². The van der Waals surface area contributed by atoms with Crippen molar-refractivity contribution in [3.8, 4) is 0 Å². The summed E-state index contributed by atoms with van der Waals surface area (Å²) in [6.45, 7) is 0.644. The molecule has 0 aliphatic heterocycles. The molecular weight excluding hydrogens is 424 g/mol. The maximum atomic E-state index is 12.4. The zero-order chi connectivity index (χ0) is 22.6. The predicted molar refractivity (Wildman–Crippen MR) is 125 cm³/mol. The van der Waals surface area contributed by atoms with E-state index in [2.05, 4.69) is 27.0 Å². The van der Waals surface area contributed by atoms with E-state index < -0.39 is 0 Å². The fourth-order valence-electron chi connectivity index (χ4n) is 3.02. The van der Waals surface area contributed by atoms with Crippen LogP contribution in [0.15, 0.2) is 66.3 Å². The highest BCUT2D eigenvalue weighted by atomic mass is 32.1. The number of pyridine rings is 1. The molecule has 32 heavy (non-hydrogen) atoms. The van der Waals surface area contributed by atoms with E-state index in [0.717, 1.165) is 18.4 Å². The standard InChI is InChI=1S/C24H26N4O3S/c29-22(27-17-18-9-12-25-13-10-18)11-14-26-24(31)19-4-1-5-20(16-19)28-23(30)8-2-6-21-7-3-15-32-21/h1,3-5,7,9-10,12-13,15-16H,2,6,8,11,14,17H2,(H,26,31)(H,27,29)(H,28,30). The molecule has 8 heteroatoms. The number of thiophene rings is 1. The number of anilines is 1. The Hall–Kier alpha value is -3.52. The number of carbonyl (C=O) groups is 3. The van der Waals surface area contributed by atoms with Crippen LogP contribution in [-0.2, 0) is 22.6 Å². The summed E-state index contributed by atoms with van der Waals surface area (Å²) in [6, 6.07) is 14.5. The molecule has 3 amide bonds. The van der Waals surface area contributed by atoms with E-state index in [1.54, 1.807) is 48.0 Å². The molecule has 3 N–H and O–H groups in total. The predicted octanol–water partition coefficient (Wildman–Crippen LogP) is 3.54. The Bertz CT molecular complexity index is 1020. The van der Waals surface area contributed by atoms with Crippen LogP contribution in [0, 0.1) is 0 Å². The van der Waals surface area contributed by atoms with Crippen molar-refractivity contribution >= 4 is 34.7 Å². The van der Waals surface area contributed by atoms with Crippen LogP contribution in [0.25, 0.3) is 0 Å². The molecule has 7 nitrogen and oxygen atoms in total. The average Bonchev–Trinajstić information content (AvgIpc) is 3.32. The molecule has 0 unspecified atom stereocenters. The number of hydrogen-bond donors (Lipinski definition) is 3. The second-order valence-corrected chi connectivity index (χ2v) is 8.23. The molecule has 0 aliphatic carbocycles. The van der Waals surface area contributed by atoms with Gasteiger partial charge in [-0.2, -0.15) is 0 Å². The number of aryl methyl sites for hydroxylation is 1. The molecule has 0 atom stereocenters. The third-order valence-electron chi connectivity index (χ3n) is 4.69. The van der Waals surface area contributed by atoms with Crippen LogP contribution in [0.3, 0.4) is 0 Å². The van der Waals surface area contributed by atoms with Crippen LogP contribution >= 0.6 is 11.3 Å². The van der Waals surface area contributed by atoms with Crippen molar-refractivity contribution in [2.75, 3.05) is 11.9 Å². The normalized spacial score (nSPS) is 10.4. The molecule has 3 rings (SSSR count). The van der Waals surface area contributed by atoms with Crippen molar-refractivity contribution in [3.63, 3.8) is 0 Å². The van der Waals surface area contributed by atoms with Gasteiger partial charge in [-0.25, -0.2) is 0 Å². The molecule has 3 aromatic rings. The van der Waals surface area contributed by atoms with Gasteiger partial charge in [-0.3, -0.25) is 19.4 Å². The molecule has 2 aromatic heterocycles. The maximum Gasteiger partial charge on any atom is 0.251 e. The highest BCUT2D eigenvalue weighted by Crippen LogP contribution is 2.14. The first-order valence-corrected chi connectivity index (χ1v) is 11.3. The first-order chi connectivity index (χ1) is 15.6. The number of carbonyl (C=O) groups excluding carboxylic acids is 3. The van der Waals surface area contributed by atoms with Gasteiger partial charge in [0.1, 0.15) is 0 Å². The molecule has 166 valence electrons. The summed E-state index contributed by atoms with van der Waals surface area (Å²) >= 11 is 1.69. The van der Waals surface area contributed by atoms with Gasteiger partial charge in [0.2, 0.25) is 11.8 Å². The third-order valence-corrected chi connectivity index (χ3v) is 5.63. The zero-order valence-corrected chi connectivity index (χ0v) is 18.5. The van der Waals surface area contributed by atoms with Crippen molar-refractivity contribution in [2.24, 2.45) is 0 Å². The molecule has 0 aliphatic rings. The van der Waals surface area contributed by atoms with Gasteiger partial charge < -0.3 is 16.0 Å². The van der Waals surface area contributed by atoms with Crippen LogP contribution in [0.5, 0.6) is 0 Å². The molecule has 0 radical (unpaired) electrons. The first kappa shape index (κ1) is 23.1. The number of nitrogens with one attached hydrogen (secondary N) is 3. The van der Waals surface area contributed by atoms with Crippen LogP contribution in [0.1, 0.15) is 40.1 Å². The number of rotatable bonds is 11. The lowest BCUT2D eigenvalue weighted by molar-refractivity contribution is -0.121. The summed E-state index contributed by atoms with van der Waals surface area (Å²) in [4.78, 5) is 41.7. The van der Waals surface area contributed by atoms with Crippen molar-refractivity contribution in [1.82, 2.24) is 15.6 Å². The summed E-state index contributed by atoms with van der Waals surface area (Å²) < 4.78 is 0. The lowest BCUT2D eigenvalue weighted by Crippen LogP contribution is -2.30. The van der Waals surface area contributed by atoms with E-state index in [1.165, 1.54) is 4.88 Å². The van der Waals surface area contributed by atoms with Crippen molar-refractivity contribution in [3.05, 3.63) is 82.3 Å². The van der Waals surface area contributed by atoms with E-state index in [1.807, 2.05) is 23.6 Å². The van der Waals surface area contributed by atoms with Gasteiger partial charge in [-0.05, 0) is 60.2 Å². The number of amides is 3. The van der Waals surface area contributed by atoms with E-state index >= 15 is 0 Å². The third kappa shape index (κ3) is 7.96. The Labute approximate surface area is 191 Å². The smallest absolute Gasteiger partial charge is 0.251 e. The van der Waals surface area contributed by atoms with Crippen LogP contribution in [0.2, 0.25) is 0 Å². The maximum absolute atomic E-state index is 12.4. The van der Waals surface area contributed by atoms with Gasteiger partial charge in [0, 0.05) is 54.5 Å². The largest absolute Gasteiger partial charge is 0.352 e. The van der Waals surface area contributed by atoms with Gasteiger partial charge >= 0.3 is 0 Å². The molecule has 0 saturated heterocycles. The number of nitrogens with zero attached hydrogens (tertiary/aromatic N) is 1. The number of hydrogen-bond acceptors (Lipinski definition) is 5. The van der Waals surface area contributed by atoms with Crippen molar-refractivity contribution in [2.45, 2.75) is 32.2 Å². The minimum Gasteiger partial charge on any atom is -0.352 e. The summed E-state index contributed by atoms with van der Waals surface area (Å²) in [5.74, 6) is -0.517. The zero-order valence-electron chi connectivity index (χ0n) is 17.7. The fourth-order valence-corrected chi connectivity index (χ4v) is 3.77. The summed E-state index contributed by atoms with van der Waals surface area (Å²) in [5.41, 5.74) is 1.97. The summed E-state index contributed by atoms with van der Waals surface area (Å²) in [7, 11) is 0. The van der Waals surface area contributed by atoms with E-state index in [4.69, 9.17) is 0 Å². The van der Waals surface area contributed by atoms with Gasteiger partial charge in [-0.1, -0.05) is 12.1 Å². The first-order valence-electron chi connectivity index (χ1n) is 10.5. The van der Waals surface area contributed by atoms with Gasteiger partial charge in [0.05, 0.1) is 0 Å². The van der Waals surface area contributed by atoms with Gasteiger partial charge in [0.15, 0.2) is 0 Å². The van der Waals surface area contributed by atoms with E-state index in [9.17, 15) is 14.4 Å². The molecule has 0 saturated carbocycles. The minimum atomic E-state index is -0.291. The summed E-state index contributed by atoms with van der Waals surface area (Å²) in [5, 5.41) is 10.4. The minimum absolute atomic E-state index is 0.0787. The van der Waals surface area contributed by atoms with E-state index in [-0.39, 0.29) is 30.7 Å². The molecule has 0 spiro atoms. The van der Waals surface area contributed by atoms with Crippen LogP contribution in [-0.4, -0.2) is 29.3 Å². The second-order valence-electron chi connectivity index (χ2n) is 7.20. The SMILES string of the molecule is O=C(CCNC(=O)c1cccc(NC(=O)CCCc2cccs2)c1)NCc1ccncc1. The lowest BCUT2D eigenvalue weighted by Gasteiger charge is -2.09. The Morgan fingerprint density at radius 1 is 0.906 bits per heavy atom. The summed E-state index contributed by atoms with van der Waals surface area (Å²) in [6.07, 6.45) is 5.59.